The topological polar surface area (TPSA) is 117 Å². The van der Waals surface area contributed by atoms with Crippen molar-refractivity contribution in [3.8, 4) is 0 Å². The fourth-order valence-electron chi connectivity index (χ4n) is 3.63. The minimum Gasteiger partial charge on any atom is -0.385 e. The Morgan fingerprint density at radius 3 is 2.52 bits per heavy atom. The van der Waals surface area contributed by atoms with Crippen molar-refractivity contribution in [2.24, 2.45) is 0 Å². The molecule has 0 atom stereocenters. The number of amides is 2. The first-order valence-corrected chi connectivity index (χ1v) is 10.5. The third-order valence-corrected chi connectivity index (χ3v) is 5.37. The lowest BCUT2D eigenvalue weighted by atomic mass is 10.2. The molecule has 0 bridgehead atoms. The number of aromatic nitrogens is 2. The van der Waals surface area contributed by atoms with Crippen LogP contribution in [0.25, 0.3) is 10.8 Å². The van der Waals surface area contributed by atoms with E-state index in [2.05, 4.69) is 10.4 Å². The number of fused-ring (bicyclic) bond motifs is 1. The number of nitrogens with one attached hydrogen (secondary N) is 2. The number of rotatable bonds is 9. The standard InChI is InChI=1S/C21H29N5O5/c1-31-14-4-8-22-18(27)15-24-10-12-25(13-11-24)19(28)7-9-26-21(30)17-6-3-2-5-16(17)20(29)23-26/h2-3,5-6H,4,7-15H2,1H3,(H,22,27)(H,23,29). The molecule has 2 heterocycles. The van der Waals surface area contributed by atoms with E-state index in [1.807, 2.05) is 4.90 Å². The average molecular weight is 431 g/mol. The molecule has 3 rings (SSSR count). The van der Waals surface area contributed by atoms with Crippen LogP contribution in [0.5, 0.6) is 0 Å². The van der Waals surface area contributed by atoms with Crippen LogP contribution in [-0.4, -0.2) is 84.4 Å². The van der Waals surface area contributed by atoms with E-state index in [1.54, 1.807) is 36.3 Å². The van der Waals surface area contributed by atoms with Gasteiger partial charge in [-0.3, -0.25) is 29.2 Å². The van der Waals surface area contributed by atoms with Gasteiger partial charge in [0.1, 0.15) is 0 Å². The minimum atomic E-state index is -0.350. The molecule has 168 valence electrons. The van der Waals surface area contributed by atoms with Crippen LogP contribution in [0, 0.1) is 0 Å². The molecule has 1 aliphatic rings. The predicted molar refractivity (Wildman–Crippen MR) is 116 cm³/mol. The van der Waals surface area contributed by atoms with Crippen LogP contribution in [-0.2, 0) is 20.9 Å². The van der Waals surface area contributed by atoms with Gasteiger partial charge in [-0.25, -0.2) is 4.68 Å². The summed E-state index contributed by atoms with van der Waals surface area (Å²) in [4.78, 5) is 53.0. The van der Waals surface area contributed by atoms with E-state index in [0.717, 1.165) is 6.42 Å². The smallest absolute Gasteiger partial charge is 0.273 e. The lowest BCUT2D eigenvalue weighted by molar-refractivity contribution is -0.133. The Kier molecular flexibility index (Phi) is 7.96. The molecule has 2 amide bonds. The summed E-state index contributed by atoms with van der Waals surface area (Å²) in [6.07, 6.45) is 0.893. The van der Waals surface area contributed by atoms with Crippen LogP contribution in [0.4, 0.5) is 0 Å². The van der Waals surface area contributed by atoms with Crippen molar-refractivity contribution < 1.29 is 14.3 Å². The third-order valence-electron chi connectivity index (χ3n) is 5.37. The van der Waals surface area contributed by atoms with Crippen LogP contribution in [0.2, 0.25) is 0 Å². The number of piperazine rings is 1. The average Bonchev–Trinajstić information content (AvgIpc) is 2.78. The first-order valence-electron chi connectivity index (χ1n) is 10.5. The number of methoxy groups -OCH3 is 1. The van der Waals surface area contributed by atoms with E-state index in [1.165, 1.54) is 4.68 Å². The van der Waals surface area contributed by atoms with E-state index in [-0.39, 0.29) is 35.9 Å². The van der Waals surface area contributed by atoms with E-state index in [0.29, 0.717) is 56.6 Å². The van der Waals surface area contributed by atoms with Crippen molar-refractivity contribution in [1.82, 2.24) is 24.9 Å². The molecule has 0 spiro atoms. The van der Waals surface area contributed by atoms with Gasteiger partial charge in [-0.15, -0.1) is 0 Å². The number of ether oxygens (including phenoxy) is 1. The second-order valence-corrected chi connectivity index (χ2v) is 7.55. The molecular formula is C21H29N5O5. The van der Waals surface area contributed by atoms with Gasteiger partial charge in [-0.2, -0.15) is 0 Å². The second-order valence-electron chi connectivity index (χ2n) is 7.55. The van der Waals surface area contributed by atoms with Crippen molar-refractivity contribution in [2.45, 2.75) is 19.4 Å². The van der Waals surface area contributed by atoms with Gasteiger partial charge in [0.25, 0.3) is 11.1 Å². The summed E-state index contributed by atoms with van der Waals surface area (Å²) in [6.45, 7) is 3.90. The summed E-state index contributed by atoms with van der Waals surface area (Å²) in [6, 6.07) is 6.62. The Hall–Kier alpha value is -2.98. The number of hydrogen-bond donors (Lipinski definition) is 2. The number of benzene rings is 1. The summed E-state index contributed by atoms with van der Waals surface area (Å²) in [7, 11) is 1.63. The number of carbonyl (C=O) groups excluding carboxylic acids is 2. The molecule has 1 fully saturated rings. The van der Waals surface area contributed by atoms with Crippen molar-refractivity contribution in [1.29, 1.82) is 0 Å². The van der Waals surface area contributed by atoms with Gasteiger partial charge in [0.2, 0.25) is 11.8 Å². The maximum absolute atomic E-state index is 12.6. The number of aryl methyl sites for hydroxylation is 1. The molecule has 1 saturated heterocycles. The highest BCUT2D eigenvalue weighted by atomic mass is 16.5. The van der Waals surface area contributed by atoms with Crippen LogP contribution in [0.1, 0.15) is 12.8 Å². The van der Waals surface area contributed by atoms with Gasteiger partial charge in [0, 0.05) is 52.9 Å². The van der Waals surface area contributed by atoms with Crippen molar-refractivity contribution in [2.75, 3.05) is 53.0 Å². The van der Waals surface area contributed by atoms with Crippen LogP contribution >= 0.6 is 0 Å². The molecule has 0 saturated carbocycles. The molecule has 10 nitrogen and oxygen atoms in total. The fraction of sp³-hybridized carbons (Fsp3) is 0.524. The summed E-state index contributed by atoms with van der Waals surface area (Å²) in [5.74, 6) is -0.111. The minimum absolute atomic E-state index is 0.0319. The van der Waals surface area contributed by atoms with Crippen LogP contribution < -0.4 is 16.4 Å². The van der Waals surface area contributed by atoms with E-state index < -0.39 is 0 Å². The zero-order valence-electron chi connectivity index (χ0n) is 17.8. The zero-order valence-corrected chi connectivity index (χ0v) is 17.8. The number of H-pyrrole nitrogens is 1. The fourth-order valence-corrected chi connectivity index (χ4v) is 3.63. The van der Waals surface area contributed by atoms with Crippen LogP contribution in [0.3, 0.4) is 0 Å². The van der Waals surface area contributed by atoms with Crippen molar-refractivity contribution in [3.63, 3.8) is 0 Å². The summed E-state index contributed by atoms with van der Waals surface area (Å²) in [5, 5.41) is 6.09. The Morgan fingerprint density at radius 2 is 1.81 bits per heavy atom. The van der Waals surface area contributed by atoms with Gasteiger partial charge in [-0.1, -0.05) is 12.1 Å². The second kappa shape index (κ2) is 10.9. The number of hydrogen-bond acceptors (Lipinski definition) is 6. The predicted octanol–water partition coefficient (Wildman–Crippen LogP) is -0.623. The number of aromatic amines is 1. The summed E-state index contributed by atoms with van der Waals surface area (Å²) < 4.78 is 6.15. The highest BCUT2D eigenvalue weighted by molar-refractivity contribution is 5.80. The molecule has 2 aromatic rings. The highest BCUT2D eigenvalue weighted by Crippen LogP contribution is 2.06. The van der Waals surface area contributed by atoms with Crippen LogP contribution in [0.15, 0.2) is 33.9 Å². The van der Waals surface area contributed by atoms with E-state index >= 15 is 0 Å². The quantitative estimate of drug-likeness (QED) is 0.511. The van der Waals surface area contributed by atoms with E-state index in [9.17, 15) is 19.2 Å². The lowest BCUT2D eigenvalue weighted by Crippen LogP contribution is -2.51. The third kappa shape index (κ3) is 6.02. The molecule has 1 aliphatic heterocycles. The first kappa shape index (κ1) is 22.7. The van der Waals surface area contributed by atoms with Gasteiger partial charge >= 0.3 is 0 Å². The highest BCUT2D eigenvalue weighted by Gasteiger charge is 2.22. The molecule has 0 unspecified atom stereocenters. The maximum atomic E-state index is 12.6. The van der Waals surface area contributed by atoms with Gasteiger partial charge in [0.05, 0.1) is 23.9 Å². The van der Waals surface area contributed by atoms with Crippen molar-refractivity contribution >= 4 is 22.6 Å². The number of carbonyl (C=O) groups is 2. The number of nitrogens with zero attached hydrogens (tertiary/aromatic N) is 3. The molecule has 1 aromatic heterocycles. The first-order chi connectivity index (χ1) is 15.0. The summed E-state index contributed by atoms with van der Waals surface area (Å²) in [5.41, 5.74) is -0.666. The summed E-state index contributed by atoms with van der Waals surface area (Å²) >= 11 is 0. The Morgan fingerprint density at radius 1 is 1.10 bits per heavy atom. The normalized spacial score (nSPS) is 14.7. The SMILES string of the molecule is COCCCNC(=O)CN1CCN(C(=O)CCn2[nH]c(=O)c3ccccc3c2=O)CC1. The Balaban J connectivity index is 1.46. The van der Waals surface area contributed by atoms with Crippen molar-refractivity contribution in [3.05, 3.63) is 45.0 Å². The zero-order chi connectivity index (χ0) is 22.2. The lowest BCUT2D eigenvalue weighted by Gasteiger charge is -2.34. The van der Waals surface area contributed by atoms with Gasteiger partial charge in [-0.05, 0) is 18.6 Å². The maximum Gasteiger partial charge on any atom is 0.273 e. The molecule has 31 heavy (non-hydrogen) atoms. The van der Waals surface area contributed by atoms with Gasteiger partial charge < -0.3 is 15.0 Å². The molecule has 1 aromatic carbocycles. The Labute approximate surface area is 179 Å². The largest absolute Gasteiger partial charge is 0.385 e. The van der Waals surface area contributed by atoms with Gasteiger partial charge in [0.15, 0.2) is 0 Å². The molecule has 2 N–H and O–H groups in total. The molecular weight excluding hydrogens is 402 g/mol. The molecule has 10 heteroatoms. The molecule has 0 aliphatic carbocycles. The Bertz CT molecular complexity index is 1020. The monoisotopic (exact) mass is 431 g/mol. The van der Waals surface area contributed by atoms with E-state index in [4.69, 9.17) is 4.74 Å². The molecule has 0 radical (unpaired) electrons.